The Labute approximate surface area is 175 Å². The molecule has 0 aromatic carbocycles. The number of allylic oxidation sites excluding steroid dienone is 15. The van der Waals surface area contributed by atoms with Crippen molar-refractivity contribution in [3.63, 3.8) is 0 Å². The Morgan fingerprint density at radius 3 is 0.833 bits per heavy atom. The molecule has 0 saturated heterocycles. The summed E-state index contributed by atoms with van der Waals surface area (Å²) in [6, 6.07) is 0. The van der Waals surface area contributed by atoms with Gasteiger partial charge in [0.15, 0.2) is 0 Å². The minimum Gasteiger partial charge on any atom is -1.00 e. The molecule has 3 rings (SSSR count). The van der Waals surface area contributed by atoms with E-state index in [0.717, 1.165) is 16.7 Å². The number of rotatable bonds is 0. The maximum atomic E-state index is 3.72. The third-order valence-electron chi connectivity index (χ3n) is 2.53. The van der Waals surface area contributed by atoms with Crippen LogP contribution in [0, 0.1) is 19.3 Å². The molecule has 0 N–H and O–H groups in total. The predicted octanol–water partition coefficient (Wildman–Crippen LogP) is -0.376. The fraction of sp³-hybridized carbons (Fsp3) is 0. The van der Waals surface area contributed by atoms with Gasteiger partial charge >= 0.3 is 22.4 Å². The molecule has 0 heterocycles. The minimum absolute atomic E-state index is 0. The first-order valence-corrected chi connectivity index (χ1v) is 6.79. The summed E-state index contributed by atoms with van der Waals surface area (Å²) >= 11 is 0. The molecular formula is C21H21Cl2Ta-3. The van der Waals surface area contributed by atoms with Gasteiger partial charge in [0, 0.05) is 0 Å². The van der Waals surface area contributed by atoms with Crippen molar-refractivity contribution < 1.29 is 47.2 Å². The van der Waals surface area contributed by atoms with Gasteiger partial charge in [-0.15, -0.1) is 92.2 Å². The fourth-order valence-electron chi connectivity index (χ4n) is 1.43. The normalized spacial score (nSPS) is 14.8. The molecule has 0 fully saturated rings. The molecule has 0 nitrogen and oxygen atoms in total. The smallest absolute Gasteiger partial charge is 1.00 e. The maximum absolute atomic E-state index is 3.72. The zero-order valence-corrected chi connectivity index (χ0v) is 18.2. The van der Waals surface area contributed by atoms with E-state index in [1.165, 1.54) is 0 Å². The van der Waals surface area contributed by atoms with Gasteiger partial charge in [-0.2, -0.15) is 36.5 Å². The third kappa shape index (κ3) is 15.5. The van der Waals surface area contributed by atoms with Crippen LogP contribution in [0.1, 0.15) is 0 Å². The van der Waals surface area contributed by atoms with E-state index in [9.17, 15) is 0 Å². The van der Waals surface area contributed by atoms with Crippen molar-refractivity contribution in [2.24, 2.45) is 0 Å². The van der Waals surface area contributed by atoms with E-state index >= 15 is 0 Å². The molecule has 0 unspecified atom stereocenters. The molecule has 0 aromatic heterocycles. The van der Waals surface area contributed by atoms with Crippen molar-refractivity contribution >= 4 is 0 Å². The van der Waals surface area contributed by atoms with Crippen LogP contribution in [0.5, 0.6) is 0 Å². The molecule has 0 bridgehead atoms. The Bertz CT molecular complexity index is 478. The van der Waals surface area contributed by atoms with Crippen molar-refractivity contribution in [3.8, 4) is 0 Å². The quantitative estimate of drug-likeness (QED) is 0.379. The largest absolute Gasteiger partial charge is 2.00 e. The Hall–Kier alpha value is -1.41. The van der Waals surface area contributed by atoms with Crippen LogP contribution in [0.4, 0.5) is 0 Å². The van der Waals surface area contributed by atoms with Gasteiger partial charge in [-0.3, -0.25) is 0 Å². The van der Waals surface area contributed by atoms with Gasteiger partial charge in [-0.25, -0.2) is 0 Å². The zero-order valence-electron chi connectivity index (χ0n) is 13.5. The van der Waals surface area contributed by atoms with Crippen LogP contribution in [0.25, 0.3) is 0 Å². The molecule has 3 heteroatoms. The van der Waals surface area contributed by atoms with Gasteiger partial charge in [-0.1, -0.05) is 0 Å². The van der Waals surface area contributed by atoms with Crippen LogP contribution in [0.15, 0.2) is 109 Å². The van der Waals surface area contributed by atoms with Crippen molar-refractivity contribution in [2.45, 2.75) is 0 Å². The summed E-state index contributed by atoms with van der Waals surface area (Å²) in [7, 11) is 0. The van der Waals surface area contributed by atoms with Crippen molar-refractivity contribution in [1.82, 2.24) is 0 Å². The van der Waals surface area contributed by atoms with Gasteiger partial charge in [0.05, 0.1) is 0 Å². The first-order valence-electron chi connectivity index (χ1n) is 6.79. The molecule has 0 spiro atoms. The van der Waals surface area contributed by atoms with E-state index in [0.29, 0.717) is 0 Å². The molecule has 1 radical (unpaired) electrons. The van der Waals surface area contributed by atoms with E-state index in [-0.39, 0.29) is 47.2 Å². The van der Waals surface area contributed by atoms with Crippen molar-refractivity contribution in [1.29, 1.82) is 0 Å². The average molecular weight is 525 g/mol. The van der Waals surface area contributed by atoms with E-state index < -0.39 is 0 Å². The van der Waals surface area contributed by atoms with E-state index in [1.807, 2.05) is 92.2 Å². The van der Waals surface area contributed by atoms with E-state index in [4.69, 9.17) is 0 Å². The minimum atomic E-state index is 0. The van der Waals surface area contributed by atoms with Crippen LogP contribution < -0.4 is 24.8 Å². The summed E-state index contributed by atoms with van der Waals surface area (Å²) in [4.78, 5) is 0. The molecule has 3 aliphatic carbocycles. The first-order chi connectivity index (χ1) is 10.2. The molecule has 0 saturated carbocycles. The molecule has 24 heavy (non-hydrogen) atoms. The fourth-order valence-corrected chi connectivity index (χ4v) is 1.43. The maximum Gasteiger partial charge on any atom is 2.00 e. The second kappa shape index (κ2) is 17.9. The zero-order chi connectivity index (χ0) is 15.3. The van der Waals surface area contributed by atoms with E-state index in [2.05, 4.69) is 19.7 Å². The van der Waals surface area contributed by atoms with Crippen LogP contribution in [0.3, 0.4) is 0 Å². The summed E-state index contributed by atoms with van der Waals surface area (Å²) < 4.78 is 0. The van der Waals surface area contributed by atoms with Crippen molar-refractivity contribution in [3.05, 3.63) is 129 Å². The average Bonchev–Trinajstić information content (AvgIpc) is 2.51. The summed E-state index contributed by atoms with van der Waals surface area (Å²) in [5.74, 6) is 0. The van der Waals surface area contributed by atoms with Crippen LogP contribution in [-0.2, 0) is 22.4 Å². The Morgan fingerprint density at radius 2 is 0.750 bits per heavy atom. The van der Waals surface area contributed by atoms with Crippen molar-refractivity contribution in [2.75, 3.05) is 0 Å². The van der Waals surface area contributed by atoms with Gasteiger partial charge in [-0.05, 0) is 0 Å². The number of hydrogen-bond acceptors (Lipinski definition) is 0. The van der Waals surface area contributed by atoms with Gasteiger partial charge in [0.1, 0.15) is 0 Å². The first kappa shape index (κ1) is 27.4. The van der Waals surface area contributed by atoms with Gasteiger partial charge in [0.2, 0.25) is 0 Å². The van der Waals surface area contributed by atoms with E-state index in [1.54, 1.807) is 0 Å². The Kier molecular flexibility index (Phi) is 20.5. The van der Waals surface area contributed by atoms with Gasteiger partial charge < -0.3 is 24.8 Å². The van der Waals surface area contributed by atoms with Crippen LogP contribution in [-0.4, -0.2) is 0 Å². The number of halogens is 2. The molecule has 0 aromatic rings. The predicted molar refractivity (Wildman–Crippen MR) is 95.2 cm³/mol. The second-order valence-corrected chi connectivity index (χ2v) is 4.46. The number of hydrogen-bond donors (Lipinski definition) is 0. The summed E-state index contributed by atoms with van der Waals surface area (Å²) in [5, 5.41) is 0. The molecule has 0 atom stereocenters. The Balaban J connectivity index is -0.000000259. The standard InChI is InChI=1S/3C7H7.2ClH.Ta/c3*1-7-5-3-2-4-6-7;;;/h3*2-6H,1H2;2*1H;/q3*-1;;;+2/p-2. The summed E-state index contributed by atoms with van der Waals surface area (Å²) in [6.45, 7) is 11.2. The molecular weight excluding hydrogens is 504 g/mol. The van der Waals surface area contributed by atoms with Crippen LogP contribution in [0.2, 0.25) is 0 Å². The SMILES string of the molecule is C=C1C=CC=C[CH-]1.C=C1C=CC=C[CH-]1.C=C1C=CC=C[CH-]1.[Cl-].[Cl-].[Ta+2]. The molecule has 3 aliphatic rings. The Morgan fingerprint density at radius 1 is 0.500 bits per heavy atom. The summed E-state index contributed by atoms with van der Waals surface area (Å²) in [6.07, 6.45) is 29.6. The molecule has 0 aliphatic heterocycles. The van der Waals surface area contributed by atoms with Crippen LogP contribution >= 0.6 is 0 Å². The van der Waals surface area contributed by atoms with Gasteiger partial charge in [0.25, 0.3) is 0 Å². The topological polar surface area (TPSA) is 0 Å². The molecule has 127 valence electrons. The second-order valence-electron chi connectivity index (χ2n) is 4.46. The monoisotopic (exact) mass is 524 g/mol. The third-order valence-corrected chi connectivity index (χ3v) is 2.53. The summed E-state index contributed by atoms with van der Waals surface area (Å²) in [5.41, 5.74) is 3.22. The molecule has 0 amide bonds.